The van der Waals surface area contributed by atoms with E-state index in [0.717, 1.165) is 35.8 Å². The van der Waals surface area contributed by atoms with Gasteiger partial charge in [0.15, 0.2) is 5.78 Å². The lowest BCUT2D eigenvalue weighted by Gasteiger charge is -2.22. The van der Waals surface area contributed by atoms with Crippen LogP contribution in [-0.4, -0.2) is 36.2 Å². The lowest BCUT2D eigenvalue weighted by atomic mass is 9.96. The number of carbonyl (C=O) groups excluding carboxylic acids is 1. The zero-order chi connectivity index (χ0) is 29.0. The number of hydrogen-bond donors (Lipinski definition) is 2. The highest BCUT2D eigenvalue weighted by Gasteiger charge is 2.12. The molecular weight excluding hydrogens is 460 g/mol. The molecule has 0 aliphatic rings. The number of hydrogen-bond acceptors (Lipinski definition) is 4. The Hall–Kier alpha value is -3.73. The van der Waals surface area contributed by atoms with Crippen LogP contribution in [0.2, 0.25) is 0 Å². The molecule has 37 heavy (non-hydrogen) atoms. The van der Waals surface area contributed by atoms with Crippen molar-refractivity contribution in [1.82, 2.24) is 0 Å². The summed E-state index contributed by atoms with van der Waals surface area (Å²) in [5, 5.41) is 15.2. The largest absolute Gasteiger partial charge is 0.481 e. The average molecular weight is 507 g/mol. The van der Waals surface area contributed by atoms with Gasteiger partial charge in [-0.05, 0) is 63.1 Å². The first kappa shape index (κ1) is 35.4. The van der Waals surface area contributed by atoms with E-state index in [2.05, 4.69) is 30.9 Å². The normalized spacial score (nSPS) is 8.81. The molecule has 0 spiro atoms. The third-order valence-corrected chi connectivity index (χ3v) is 4.84. The number of carbonyl (C=O) groups is 2. The summed E-state index contributed by atoms with van der Waals surface area (Å²) in [6.07, 6.45) is 0. The van der Waals surface area contributed by atoms with Crippen LogP contribution in [0.15, 0.2) is 72.8 Å². The summed E-state index contributed by atoms with van der Waals surface area (Å²) in [6.45, 7) is 17.5. The fraction of sp³-hybridized carbons (Fsp3) is 0.344. The van der Waals surface area contributed by atoms with Crippen LogP contribution in [0.4, 0.5) is 5.69 Å². The molecule has 0 aliphatic heterocycles. The Morgan fingerprint density at radius 2 is 1.35 bits per heavy atom. The van der Waals surface area contributed by atoms with E-state index in [0.29, 0.717) is 11.3 Å². The summed E-state index contributed by atoms with van der Waals surface area (Å²) in [5.74, 6) is -0.772. The van der Waals surface area contributed by atoms with Crippen molar-refractivity contribution in [3.8, 4) is 11.1 Å². The fourth-order valence-electron chi connectivity index (χ4n) is 2.94. The van der Waals surface area contributed by atoms with E-state index in [1.165, 1.54) is 5.56 Å². The first-order valence-electron chi connectivity index (χ1n) is 12.8. The number of carboxylic acids is 1. The van der Waals surface area contributed by atoms with Gasteiger partial charge < -0.3 is 15.4 Å². The minimum absolute atomic E-state index is 0.0614. The lowest BCUT2D eigenvalue weighted by Crippen LogP contribution is -2.17. The quantitative estimate of drug-likeness (QED) is 0.268. The molecule has 3 aromatic carbocycles. The number of rotatable bonds is 5. The second-order valence-corrected chi connectivity index (χ2v) is 7.68. The zero-order valence-electron chi connectivity index (χ0n) is 24.3. The monoisotopic (exact) mass is 506 g/mol. The van der Waals surface area contributed by atoms with Gasteiger partial charge in [-0.25, -0.2) is 0 Å². The summed E-state index contributed by atoms with van der Waals surface area (Å²) in [4.78, 5) is 22.9. The smallest absolute Gasteiger partial charge is 0.300 e. The van der Waals surface area contributed by atoms with Crippen LogP contribution in [0, 0.1) is 12.3 Å². The van der Waals surface area contributed by atoms with Gasteiger partial charge in [0, 0.05) is 43.0 Å². The standard InChI is InChI=1S/C19H22N2O.C7H8.C2H4O2.2C2H6/c1-5-21(4)19-10-9-16(14(3)22)12-18(19)17-8-6-7-15(11-17)13(2)20;1-7-5-3-2-4-6-7;1-2(3)4;2*1-2/h6-12,20H,5H2,1-4H3;2-6H,1H3;1H3,(H,3,4);2*1-2H3. The van der Waals surface area contributed by atoms with E-state index in [-0.39, 0.29) is 5.78 Å². The predicted molar refractivity (Wildman–Crippen MR) is 161 cm³/mol. The molecule has 0 saturated heterocycles. The van der Waals surface area contributed by atoms with Crippen LogP contribution in [0.3, 0.4) is 0 Å². The van der Waals surface area contributed by atoms with Gasteiger partial charge in [0.05, 0.1) is 0 Å². The van der Waals surface area contributed by atoms with Gasteiger partial charge in [0.25, 0.3) is 5.97 Å². The average Bonchev–Trinajstić information content (AvgIpc) is 2.90. The third-order valence-electron chi connectivity index (χ3n) is 4.84. The van der Waals surface area contributed by atoms with Gasteiger partial charge in [0.1, 0.15) is 0 Å². The Morgan fingerprint density at radius 3 is 1.76 bits per heavy atom. The summed E-state index contributed by atoms with van der Waals surface area (Å²) in [7, 11) is 2.04. The topological polar surface area (TPSA) is 81.5 Å². The molecule has 0 saturated carbocycles. The van der Waals surface area contributed by atoms with E-state index < -0.39 is 5.97 Å². The lowest BCUT2D eigenvalue weighted by molar-refractivity contribution is -0.134. The summed E-state index contributed by atoms with van der Waals surface area (Å²) >= 11 is 0. The second kappa shape index (κ2) is 20.5. The molecule has 0 aliphatic carbocycles. The van der Waals surface area contributed by atoms with Crippen LogP contribution in [-0.2, 0) is 4.79 Å². The van der Waals surface area contributed by atoms with E-state index >= 15 is 0 Å². The Morgan fingerprint density at radius 1 is 0.811 bits per heavy atom. The SMILES string of the molecule is CC.CC.CC(=O)O.CCN(C)c1ccc(C(C)=O)cc1-c1cccc(C(C)=N)c1.Cc1ccccc1. The highest BCUT2D eigenvalue weighted by atomic mass is 16.4. The molecule has 3 aromatic rings. The Balaban J connectivity index is 0. The van der Waals surface area contributed by atoms with Crippen molar-refractivity contribution in [3.05, 3.63) is 89.5 Å². The first-order chi connectivity index (χ1) is 17.6. The van der Waals surface area contributed by atoms with Gasteiger partial charge in [-0.3, -0.25) is 9.59 Å². The maximum atomic E-state index is 11.7. The minimum atomic E-state index is -0.833. The summed E-state index contributed by atoms with van der Waals surface area (Å²) < 4.78 is 0. The van der Waals surface area contributed by atoms with Gasteiger partial charge in [-0.15, -0.1) is 0 Å². The number of Topliss-reactive ketones (excluding diaryl/α,β-unsaturated/α-hetero) is 1. The van der Waals surface area contributed by atoms with E-state index in [1.54, 1.807) is 13.8 Å². The molecule has 0 atom stereocenters. The number of aliphatic carboxylic acids is 1. The van der Waals surface area contributed by atoms with Gasteiger partial charge >= 0.3 is 0 Å². The van der Waals surface area contributed by atoms with E-state index in [4.69, 9.17) is 15.3 Å². The molecule has 0 radical (unpaired) electrons. The van der Waals surface area contributed by atoms with Crippen LogP contribution >= 0.6 is 0 Å². The molecule has 3 rings (SSSR count). The van der Waals surface area contributed by atoms with Crippen molar-refractivity contribution in [2.75, 3.05) is 18.5 Å². The highest BCUT2D eigenvalue weighted by molar-refractivity contribution is 5.99. The number of benzene rings is 3. The van der Waals surface area contributed by atoms with Gasteiger partial charge in [-0.1, -0.05) is 81.8 Å². The van der Waals surface area contributed by atoms with Crippen molar-refractivity contribution in [3.63, 3.8) is 0 Å². The van der Waals surface area contributed by atoms with E-state index in [1.807, 2.05) is 95.4 Å². The number of nitrogens with one attached hydrogen (secondary N) is 1. The number of ketones is 1. The minimum Gasteiger partial charge on any atom is -0.481 e. The number of carboxylic acid groups (broad SMARTS) is 1. The molecule has 0 bridgehead atoms. The third kappa shape index (κ3) is 14.4. The molecule has 202 valence electrons. The van der Waals surface area contributed by atoms with Gasteiger partial charge in [0.2, 0.25) is 0 Å². The number of aryl methyl sites for hydroxylation is 1. The Kier molecular flexibility index (Phi) is 19.6. The molecule has 0 fully saturated rings. The van der Waals surface area contributed by atoms with E-state index in [9.17, 15) is 4.79 Å². The van der Waals surface area contributed by atoms with Crippen molar-refractivity contribution >= 4 is 23.2 Å². The zero-order valence-corrected chi connectivity index (χ0v) is 24.3. The maximum absolute atomic E-state index is 11.7. The van der Waals surface area contributed by atoms with Crippen molar-refractivity contribution in [2.45, 2.75) is 62.3 Å². The van der Waals surface area contributed by atoms with Crippen LogP contribution in [0.25, 0.3) is 11.1 Å². The Bertz CT molecular complexity index is 1070. The molecule has 0 aromatic heterocycles. The van der Waals surface area contributed by atoms with Crippen molar-refractivity contribution < 1.29 is 14.7 Å². The maximum Gasteiger partial charge on any atom is 0.300 e. The van der Waals surface area contributed by atoms with Crippen LogP contribution in [0.1, 0.15) is 76.9 Å². The molecular formula is C32H46N2O3. The molecule has 5 nitrogen and oxygen atoms in total. The number of anilines is 1. The predicted octanol–water partition coefficient (Wildman–Crippen LogP) is 8.54. The van der Waals surface area contributed by atoms with Crippen LogP contribution < -0.4 is 4.90 Å². The fourth-order valence-corrected chi connectivity index (χ4v) is 2.94. The second-order valence-electron chi connectivity index (χ2n) is 7.68. The van der Waals surface area contributed by atoms with Crippen molar-refractivity contribution in [1.29, 1.82) is 5.41 Å². The molecule has 0 unspecified atom stereocenters. The van der Waals surface area contributed by atoms with Gasteiger partial charge in [-0.2, -0.15) is 0 Å². The number of nitrogens with zero attached hydrogens (tertiary/aromatic N) is 1. The molecule has 5 heteroatoms. The first-order valence-corrected chi connectivity index (χ1v) is 12.8. The van der Waals surface area contributed by atoms with Crippen LogP contribution in [0.5, 0.6) is 0 Å². The molecule has 0 heterocycles. The summed E-state index contributed by atoms with van der Waals surface area (Å²) in [6, 6.07) is 24.0. The Labute approximate surface area is 224 Å². The molecule has 2 N–H and O–H groups in total. The molecule has 0 amide bonds. The highest BCUT2D eigenvalue weighted by Crippen LogP contribution is 2.32. The van der Waals surface area contributed by atoms with Crippen molar-refractivity contribution in [2.24, 2.45) is 0 Å². The summed E-state index contributed by atoms with van der Waals surface area (Å²) in [5.41, 5.74) is 6.61.